The number of hydrogen-bond donors (Lipinski definition) is 1. The molecule has 0 fully saturated rings. The van der Waals surface area contributed by atoms with Crippen molar-refractivity contribution in [2.45, 2.75) is 32.6 Å². The molecule has 0 radical (unpaired) electrons. The number of halogens is 1. The number of hydrogen-bond acceptors (Lipinski definition) is 1. The monoisotopic (exact) mass is 341 g/mol. The van der Waals surface area contributed by atoms with Crippen molar-refractivity contribution in [2.75, 3.05) is 6.54 Å². The highest BCUT2D eigenvalue weighted by atomic mass is 35.5. The number of carbonyl (C=O) groups is 1. The number of rotatable bonds is 7. The average Bonchev–Trinajstić information content (AvgIpc) is 2.58. The first-order valence-electron chi connectivity index (χ1n) is 8.35. The highest BCUT2D eigenvalue weighted by Crippen LogP contribution is 2.15. The quantitative estimate of drug-likeness (QED) is 0.542. The second-order valence-corrected chi connectivity index (χ2v) is 6.61. The van der Waals surface area contributed by atoms with Crippen LogP contribution in [0.1, 0.15) is 42.9 Å². The Hall–Kier alpha value is -2.06. The standard InChI is InChI=1S/C21H24ClNO/c1-16(2)19-10-5-17(6-11-19)4-3-15-23-21(24)14-9-18-7-12-20(22)13-8-18/h5-14,16H,3-4,15H2,1-2H3,(H,23,24)/b14-9+. The SMILES string of the molecule is CC(C)c1ccc(CCCNC(=O)/C=C/c2ccc(Cl)cc2)cc1. The average molecular weight is 342 g/mol. The van der Waals surface area contributed by atoms with E-state index in [0.29, 0.717) is 17.5 Å². The van der Waals surface area contributed by atoms with Crippen molar-refractivity contribution < 1.29 is 4.79 Å². The van der Waals surface area contributed by atoms with Gasteiger partial charge in [-0.1, -0.05) is 61.8 Å². The third-order valence-electron chi connectivity index (χ3n) is 3.89. The molecule has 0 saturated heterocycles. The van der Waals surface area contributed by atoms with E-state index in [1.54, 1.807) is 12.2 Å². The van der Waals surface area contributed by atoms with E-state index in [0.717, 1.165) is 18.4 Å². The molecule has 3 heteroatoms. The lowest BCUT2D eigenvalue weighted by molar-refractivity contribution is -0.116. The largest absolute Gasteiger partial charge is 0.353 e. The van der Waals surface area contributed by atoms with Gasteiger partial charge in [-0.05, 0) is 53.7 Å². The van der Waals surface area contributed by atoms with Crippen molar-refractivity contribution in [1.29, 1.82) is 0 Å². The maximum atomic E-state index is 11.8. The maximum Gasteiger partial charge on any atom is 0.243 e. The van der Waals surface area contributed by atoms with Crippen molar-refractivity contribution in [3.8, 4) is 0 Å². The van der Waals surface area contributed by atoms with E-state index in [-0.39, 0.29) is 5.91 Å². The van der Waals surface area contributed by atoms with Crippen LogP contribution in [0.4, 0.5) is 0 Å². The molecule has 1 amide bonds. The van der Waals surface area contributed by atoms with Gasteiger partial charge in [0.05, 0.1) is 0 Å². The van der Waals surface area contributed by atoms with Crippen LogP contribution < -0.4 is 5.32 Å². The normalized spacial score (nSPS) is 11.2. The van der Waals surface area contributed by atoms with Crippen LogP contribution in [0.25, 0.3) is 6.08 Å². The van der Waals surface area contributed by atoms with Crippen LogP contribution in [0.2, 0.25) is 5.02 Å². The summed E-state index contributed by atoms with van der Waals surface area (Å²) < 4.78 is 0. The molecule has 1 N–H and O–H groups in total. The Balaban J connectivity index is 1.69. The Labute approximate surface area is 149 Å². The highest BCUT2D eigenvalue weighted by Gasteiger charge is 2.00. The van der Waals surface area contributed by atoms with Crippen LogP contribution in [0.5, 0.6) is 0 Å². The molecule has 0 aliphatic rings. The fraction of sp³-hybridized carbons (Fsp3) is 0.286. The molecular weight excluding hydrogens is 318 g/mol. The number of amides is 1. The van der Waals surface area contributed by atoms with Crippen LogP contribution in [0, 0.1) is 0 Å². The zero-order valence-electron chi connectivity index (χ0n) is 14.3. The molecule has 0 bridgehead atoms. The molecular formula is C21H24ClNO. The Kier molecular flexibility index (Phi) is 7.07. The van der Waals surface area contributed by atoms with E-state index in [2.05, 4.69) is 43.4 Å². The van der Waals surface area contributed by atoms with Gasteiger partial charge in [-0.3, -0.25) is 4.79 Å². The minimum atomic E-state index is -0.0693. The molecule has 2 nitrogen and oxygen atoms in total. The minimum absolute atomic E-state index is 0.0693. The number of aryl methyl sites for hydroxylation is 1. The predicted molar refractivity (Wildman–Crippen MR) is 102 cm³/mol. The number of carbonyl (C=O) groups excluding carboxylic acids is 1. The Morgan fingerprint density at radius 3 is 2.38 bits per heavy atom. The third-order valence-corrected chi connectivity index (χ3v) is 4.14. The molecule has 2 aromatic rings. The minimum Gasteiger partial charge on any atom is -0.353 e. The van der Waals surface area contributed by atoms with Gasteiger partial charge in [0.2, 0.25) is 5.91 Å². The van der Waals surface area contributed by atoms with Gasteiger partial charge in [-0.25, -0.2) is 0 Å². The molecule has 0 atom stereocenters. The van der Waals surface area contributed by atoms with Gasteiger partial charge in [-0.2, -0.15) is 0 Å². The van der Waals surface area contributed by atoms with Gasteiger partial charge in [0.25, 0.3) is 0 Å². The number of nitrogens with one attached hydrogen (secondary N) is 1. The van der Waals surface area contributed by atoms with E-state index < -0.39 is 0 Å². The van der Waals surface area contributed by atoms with Gasteiger partial charge >= 0.3 is 0 Å². The highest BCUT2D eigenvalue weighted by molar-refractivity contribution is 6.30. The van der Waals surface area contributed by atoms with Gasteiger partial charge in [0.15, 0.2) is 0 Å². The Morgan fingerprint density at radius 2 is 1.75 bits per heavy atom. The number of benzene rings is 2. The van der Waals surface area contributed by atoms with Crippen LogP contribution in [-0.4, -0.2) is 12.5 Å². The third kappa shape index (κ3) is 6.21. The first-order valence-corrected chi connectivity index (χ1v) is 8.72. The molecule has 0 spiro atoms. The van der Waals surface area contributed by atoms with Crippen molar-refractivity contribution in [3.05, 3.63) is 76.3 Å². The summed E-state index contributed by atoms with van der Waals surface area (Å²) in [4.78, 5) is 11.8. The van der Waals surface area contributed by atoms with Crippen LogP contribution >= 0.6 is 11.6 Å². The summed E-state index contributed by atoms with van der Waals surface area (Å²) in [7, 11) is 0. The maximum absolute atomic E-state index is 11.8. The second kappa shape index (κ2) is 9.29. The van der Waals surface area contributed by atoms with E-state index in [1.165, 1.54) is 11.1 Å². The smallest absolute Gasteiger partial charge is 0.243 e. The molecule has 0 unspecified atom stereocenters. The lowest BCUT2D eigenvalue weighted by atomic mass is 10.0. The van der Waals surface area contributed by atoms with Crippen molar-refractivity contribution >= 4 is 23.6 Å². The predicted octanol–water partition coefficient (Wildman–Crippen LogP) is 5.23. The molecule has 2 aromatic carbocycles. The van der Waals surface area contributed by atoms with Gasteiger partial charge < -0.3 is 5.32 Å². The first kappa shape index (κ1) is 18.3. The summed E-state index contributed by atoms with van der Waals surface area (Å²) in [6, 6.07) is 16.1. The molecule has 0 aliphatic carbocycles. The molecule has 0 heterocycles. The fourth-order valence-electron chi connectivity index (χ4n) is 2.38. The molecule has 0 saturated carbocycles. The van der Waals surface area contributed by atoms with Crippen molar-refractivity contribution in [1.82, 2.24) is 5.32 Å². The van der Waals surface area contributed by atoms with Gasteiger partial charge in [0.1, 0.15) is 0 Å². The van der Waals surface area contributed by atoms with E-state index >= 15 is 0 Å². The van der Waals surface area contributed by atoms with Crippen LogP contribution in [0.3, 0.4) is 0 Å². The summed E-state index contributed by atoms with van der Waals surface area (Å²) in [6.07, 6.45) is 5.25. The Morgan fingerprint density at radius 1 is 1.08 bits per heavy atom. The molecule has 0 aliphatic heterocycles. The summed E-state index contributed by atoms with van der Waals surface area (Å²) >= 11 is 5.83. The van der Waals surface area contributed by atoms with Crippen LogP contribution in [0.15, 0.2) is 54.6 Å². The summed E-state index contributed by atoms with van der Waals surface area (Å²) in [6.45, 7) is 5.07. The summed E-state index contributed by atoms with van der Waals surface area (Å²) in [5, 5.41) is 3.60. The van der Waals surface area contributed by atoms with E-state index in [1.807, 2.05) is 24.3 Å². The zero-order chi connectivity index (χ0) is 17.4. The lowest BCUT2D eigenvalue weighted by Gasteiger charge is -2.07. The molecule has 2 rings (SSSR count). The molecule has 126 valence electrons. The van der Waals surface area contributed by atoms with Gasteiger partial charge in [0, 0.05) is 17.6 Å². The molecule has 24 heavy (non-hydrogen) atoms. The van der Waals surface area contributed by atoms with Crippen molar-refractivity contribution in [2.24, 2.45) is 0 Å². The summed E-state index contributed by atoms with van der Waals surface area (Å²) in [5.74, 6) is 0.492. The van der Waals surface area contributed by atoms with Gasteiger partial charge in [-0.15, -0.1) is 0 Å². The lowest BCUT2D eigenvalue weighted by Crippen LogP contribution is -2.22. The fourth-order valence-corrected chi connectivity index (χ4v) is 2.50. The Bertz CT molecular complexity index is 672. The van der Waals surface area contributed by atoms with E-state index in [4.69, 9.17) is 11.6 Å². The van der Waals surface area contributed by atoms with Crippen molar-refractivity contribution in [3.63, 3.8) is 0 Å². The zero-order valence-corrected chi connectivity index (χ0v) is 15.0. The topological polar surface area (TPSA) is 29.1 Å². The summed E-state index contributed by atoms with van der Waals surface area (Å²) in [5.41, 5.74) is 3.63. The van der Waals surface area contributed by atoms with E-state index in [9.17, 15) is 4.79 Å². The molecule has 0 aromatic heterocycles. The first-order chi connectivity index (χ1) is 11.5. The van der Waals surface area contributed by atoms with Crippen LogP contribution in [-0.2, 0) is 11.2 Å². The second-order valence-electron chi connectivity index (χ2n) is 6.18.